The van der Waals surface area contributed by atoms with Crippen LogP contribution in [0.5, 0.6) is 0 Å². The number of amides is 1. The van der Waals surface area contributed by atoms with Crippen molar-refractivity contribution in [3.05, 3.63) is 36.5 Å². The largest absolute Gasteiger partial charge is 0.394 e. The summed E-state index contributed by atoms with van der Waals surface area (Å²) in [6, 6.07) is -1.19. The third-order valence-electron chi connectivity index (χ3n) is 16.6. The Morgan fingerprint density at radius 3 is 1.11 bits per heavy atom. The van der Waals surface area contributed by atoms with Gasteiger partial charge in [-0.05, 0) is 77.0 Å². The molecular weight excluding hydrogens is 1000 g/mol. The van der Waals surface area contributed by atoms with E-state index in [0.29, 0.717) is 19.3 Å². The van der Waals surface area contributed by atoms with Crippen LogP contribution in [-0.2, 0) is 14.3 Å². The molecule has 0 aromatic rings. The molecule has 11 nitrogen and oxygen atoms in total. The van der Waals surface area contributed by atoms with Gasteiger partial charge in [0.25, 0.3) is 0 Å². The second-order valence-electron chi connectivity index (χ2n) is 24.2. The molecule has 9 unspecified atom stereocenters. The van der Waals surface area contributed by atoms with E-state index < -0.39 is 74.2 Å². The Kier molecular flexibility index (Phi) is 55.1. The Bertz CT molecular complexity index is 1390. The molecule has 0 bridgehead atoms. The summed E-state index contributed by atoms with van der Waals surface area (Å²) in [5.74, 6) is -0.709. The fourth-order valence-corrected chi connectivity index (χ4v) is 11.1. The standard InChI is InChI=1S/C69H131NO10/c1-3-5-7-9-11-13-15-17-19-21-23-25-27-29-30-31-32-33-35-36-38-40-42-44-46-48-50-52-54-56-61(72)64(74)60(59-79-69-67(77)66(76)65(75)63(58-71)80-69)70-68(78)62(73)57-55-53-51-49-47-45-43-41-39-37-34-28-26-24-22-20-18-16-14-12-10-8-6-4-2/h34,37,40,42,48,50,60-67,69,71-77H,3-33,35-36,38-39,41,43-47,49,51-59H2,1-2H3,(H,70,78)/b37-34-,42-40+,50-48+. The van der Waals surface area contributed by atoms with Crippen molar-refractivity contribution < 1.29 is 50.0 Å². The molecule has 80 heavy (non-hydrogen) atoms. The molecule has 11 heteroatoms. The third-order valence-corrected chi connectivity index (χ3v) is 16.6. The van der Waals surface area contributed by atoms with Crippen molar-refractivity contribution in [3.8, 4) is 0 Å². The Morgan fingerprint density at radius 2 is 0.750 bits per heavy atom. The van der Waals surface area contributed by atoms with Crippen LogP contribution in [0.25, 0.3) is 0 Å². The highest BCUT2D eigenvalue weighted by Gasteiger charge is 2.44. The van der Waals surface area contributed by atoms with Gasteiger partial charge in [-0.2, -0.15) is 0 Å². The van der Waals surface area contributed by atoms with Gasteiger partial charge in [-0.25, -0.2) is 0 Å². The van der Waals surface area contributed by atoms with Crippen LogP contribution in [0.2, 0.25) is 0 Å². The third kappa shape index (κ3) is 44.8. The lowest BCUT2D eigenvalue weighted by molar-refractivity contribution is -0.303. The number of rotatable bonds is 60. The first kappa shape index (κ1) is 76.3. The first-order valence-corrected chi connectivity index (χ1v) is 34.4. The fraction of sp³-hybridized carbons (Fsp3) is 0.899. The van der Waals surface area contributed by atoms with Crippen molar-refractivity contribution in [2.45, 2.75) is 384 Å². The number of carbonyl (C=O) groups is 1. The molecular formula is C69H131NO10. The maximum atomic E-state index is 13.2. The molecule has 1 fully saturated rings. The molecule has 1 amide bonds. The lowest BCUT2D eigenvalue weighted by Gasteiger charge is -2.40. The van der Waals surface area contributed by atoms with Crippen molar-refractivity contribution in [2.75, 3.05) is 13.2 Å². The molecule has 1 heterocycles. The van der Waals surface area contributed by atoms with Crippen LogP contribution in [-0.4, -0.2) is 110 Å². The highest BCUT2D eigenvalue weighted by Crippen LogP contribution is 2.24. The number of hydrogen-bond donors (Lipinski definition) is 8. The lowest BCUT2D eigenvalue weighted by atomic mass is 9.98. The van der Waals surface area contributed by atoms with Gasteiger partial charge >= 0.3 is 0 Å². The zero-order chi connectivity index (χ0) is 58.2. The van der Waals surface area contributed by atoms with Crippen LogP contribution in [0.1, 0.15) is 328 Å². The zero-order valence-corrected chi connectivity index (χ0v) is 52.1. The Balaban J connectivity index is 2.25. The number of aliphatic hydroxyl groups excluding tert-OH is 7. The van der Waals surface area contributed by atoms with Crippen LogP contribution in [0.3, 0.4) is 0 Å². The molecule has 472 valence electrons. The molecule has 0 aromatic heterocycles. The molecule has 8 N–H and O–H groups in total. The quantitative estimate of drug-likeness (QED) is 0.0215. The van der Waals surface area contributed by atoms with E-state index in [1.54, 1.807) is 0 Å². The van der Waals surface area contributed by atoms with E-state index in [4.69, 9.17) is 9.47 Å². The number of hydrogen-bond acceptors (Lipinski definition) is 10. The minimum atomic E-state index is -1.67. The SMILES string of the molecule is CCCCCCCCCCCCCC/C=C\CCCCCCCCCCC(O)C(=O)NC(COC1OC(CO)C(O)C(O)C1O)C(O)C(O)CCC/C=C/CC/C=C/CCCCCCCCCCCCCCCCCCCCCC. The van der Waals surface area contributed by atoms with Gasteiger partial charge in [-0.3, -0.25) is 4.79 Å². The molecule has 0 aromatic carbocycles. The average molecular weight is 1130 g/mol. The summed E-state index contributed by atoms with van der Waals surface area (Å²) < 4.78 is 11.2. The Labute approximate surface area is 492 Å². The van der Waals surface area contributed by atoms with E-state index in [1.165, 1.54) is 238 Å². The molecule has 1 aliphatic rings. The number of ether oxygens (including phenoxy) is 2. The van der Waals surface area contributed by atoms with Crippen molar-refractivity contribution in [3.63, 3.8) is 0 Å². The Morgan fingerprint density at radius 1 is 0.425 bits per heavy atom. The van der Waals surface area contributed by atoms with Gasteiger partial charge in [0.05, 0.1) is 25.4 Å². The summed E-state index contributed by atoms with van der Waals surface area (Å²) in [6.07, 6.45) is 62.3. The smallest absolute Gasteiger partial charge is 0.249 e. The summed E-state index contributed by atoms with van der Waals surface area (Å²) in [5, 5.41) is 76.4. The van der Waals surface area contributed by atoms with Crippen molar-refractivity contribution in [2.24, 2.45) is 0 Å². The fourth-order valence-electron chi connectivity index (χ4n) is 11.1. The lowest BCUT2D eigenvalue weighted by Crippen LogP contribution is -2.60. The first-order valence-electron chi connectivity index (χ1n) is 34.4. The minimum Gasteiger partial charge on any atom is -0.394 e. The monoisotopic (exact) mass is 1130 g/mol. The second kappa shape index (κ2) is 57.7. The number of carbonyl (C=O) groups excluding carboxylic acids is 1. The molecule has 0 saturated carbocycles. The first-order chi connectivity index (χ1) is 39.2. The molecule has 1 rings (SSSR count). The predicted molar refractivity (Wildman–Crippen MR) is 335 cm³/mol. The molecule has 1 aliphatic heterocycles. The van der Waals surface area contributed by atoms with Crippen LogP contribution >= 0.6 is 0 Å². The van der Waals surface area contributed by atoms with Gasteiger partial charge in [0.15, 0.2) is 6.29 Å². The number of allylic oxidation sites excluding steroid dienone is 6. The Hall–Kier alpha value is -1.67. The molecule has 0 radical (unpaired) electrons. The summed E-state index contributed by atoms with van der Waals surface area (Å²) in [4.78, 5) is 13.2. The second-order valence-corrected chi connectivity index (χ2v) is 24.2. The summed E-state index contributed by atoms with van der Waals surface area (Å²) in [5.41, 5.74) is 0. The topological polar surface area (TPSA) is 189 Å². The maximum Gasteiger partial charge on any atom is 0.249 e. The van der Waals surface area contributed by atoms with E-state index in [-0.39, 0.29) is 12.8 Å². The number of nitrogens with one attached hydrogen (secondary N) is 1. The predicted octanol–water partition coefficient (Wildman–Crippen LogP) is 16.2. The van der Waals surface area contributed by atoms with E-state index in [0.717, 1.165) is 44.9 Å². The highest BCUT2D eigenvalue weighted by molar-refractivity contribution is 5.80. The van der Waals surface area contributed by atoms with Crippen LogP contribution < -0.4 is 5.32 Å². The van der Waals surface area contributed by atoms with Gasteiger partial charge in [-0.1, -0.05) is 288 Å². The zero-order valence-electron chi connectivity index (χ0n) is 52.1. The summed E-state index contributed by atoms with van der Waals surface area (Å²) >= 11 is 0. The van der Waals surface area contributed by atoms with Gasteiger partial charge in [0.2, 0.25) is 5.91 Å². The average Bonchev–Trinajstić information content (AvgIpc) is 3.46. The molecule has 0 spiro atoms. The summed E-state index contributed by atoms with van der Waals surface area (Å²) in [7, 11) is 0. The number of unbranched alkanes of at least 4 members (excludes halogenated alkanes) is 42. The van der Waals surface area contributed by atoms with E-state index in [9.17, 15) is 40.5 Å². The van der Waals surface area contributed by atoms with Gasteiger partial charge in [0.1, 0.15) is 36.6 Å². The highest BCUT2D eigenvalue weighted by atomic mass is 16.7. The van der Waals surface area contributed by atoms with Gasteiger partial charge in [-0.15, -0.1) is 0 Å². The summed E-state index contributed by atoms with van der Waals surface area (Å²) in [6.45, 7) is 3.49. The van der Waals surface area contributed by atoms with E-state index >= 15 is 0 Å². The van der Waals surface area contributed by atoms with E-state index in [1.807, 2.05) is 0 Å². The van der Waals surface area contributed by atoms with Crippen LogP contribution in [0, 0.1) is 0 Å². The number of aliphatic hydroxyl groups is 7. The van der Waals surface area contributed by atoms with E-state index in [2.05, 4.69) is 55.6 Å². The van der Waals surface area contributed by atoms with Crippen molar-refractivity contribution in [1.29, 1.82) is 0 Å². The van der Waals surface area contributed by atoms with Gasteiger partial charge < -0.3 is 50.5 Å². The maximum absolute atomic E-state index is 13.2. The van der Waals surface area contributed by atoms with Crippen molar-refractivity contribution in [1.82, 2.24) is 5.32 Å². The molecule has 0 aliphatic carbocycles. The van der Waals surface area contributed by atoms with Crippen LogP contribution in [0.4, 0.5) is 0 Å². The molecule has 1 saturated heterocycles. The molecule has 9 atom stereocenters. The minimum absolute atomic E-state index is 0.246. The normalized spacial score (nSPS) is 19.4. The van der Waals surface area contributed by atoms with Gasteiger partial charge in [0, 0.05) is 0 Å². The van der Waals surface area contributed by atoms with Crippen LogP contribution in [0.15, 0.2) is 36.5 Å². The van der Waals surface area contributed by atoms with Crippen molar-refractivity contribution >= 4 is 5.91 Å².